The zero-order valence-corrected chi connectivity index (χ0v) is 17.6. The number of para-hydroxylation sites is 1. The number of rotatable bonds is 5. The normalized spacial score (nSPS) is 11.0. The maximum absolute atomic E-state index is 12.9. The van der Waals surface area contributed by atoms with Crippen LogP contribution in [0.3, 0.4) is 0 Å². The Labute approximate surface area is 184 Å². The number of H-pyrrole nitrogens is 2. The molecule has 32 heavy (non-hydrogen) atoms. The molecule has 0 fully saturated rings. The van der Waals surface area contributed by atoms with E-state index in [9.17, 15) is 14.4 Å². The largest absolute Gasteiger partial charge is 0.360 e. The maximum atomic E-state index is 12.9. The number of nitrogens with zero attached hydrogens (tertiary/aromatic N) is 3. The average molecular weight is 444 g/mol. The minimum absolute atomic E-state index is 0.132. The van der Waals surface area contributed by atoms with Gasteiger partial charge in [-0.05, 0) is 24.4 Å². The monoisotopic (exact) mass is 444 g/mol. The molecule has 0 saturated carbocycles. The first kappa shape index (κ1) is 19.6. The Morgan fingerprint density at radius 1 is 1.12 bits per heavy atom. The molecule has 0 aliphatic rings. The molecule has 9 nitrogen and oxygen atoms in total. The first-order chi connectivity index (χ1) is 15.5. The topological polar surface area (TPSA) is 126 Å². The number of nitrogens with one attached hydrogen (secondary N) is 3. The van der Waals surface area contributed by atoms with Crippen molar-refractivity contribution >= 4 is 39.7 Å². The second kappa shape index (κ2) is 7.75. The number of thiophene rings is 1. The molecule has 3 N–H and O–H groups in total. The van der Waals surface area contributed by atoms with Crippen molar-refractivity contribution in [1.29, 1.82) is 0 Å². The summed E-state index contributed by atoms with van der Waals surface area (Å²) in [5.41, 5.74) is 1.73. The molecule has 0 aliphatic heterocycles. The van der Waals surface area contributed by atoms with Crippen LogP contribution in [0.2, 0.25) is 0 Å². The Kier molecular flexibility index (Phi) is 4.75. The number of carbonyl (C=O) groups excluding carboxylic acids is 2. The highest BCUT2D eigenvalue weighted by Crippen LogP contribution is 2.27. The summed E-state index contributed by atoms with van der Waals surface area (Å²) in [4.78, 5) is 48.5. The van der Waals surface area contributed by atoms with E-state index in [0.717, 1.165) is 10.4 Å². The molecule has 5 rings (SSSR count). The van der Waals surface area contributed by atoms with Crippen LogP contribution in [0.5, 0.6) is 0 Å². The smallest absolute Gasteiger partial charge is 0.298 e. The van der Waals surface area contributed by atoms with Crippen molar-refractivity contribution in [1.82, 2.24) is 24.7 Å². The van der Waals surface area contributed by atoms with Gasteiger partial charge in [0, 0.05) is 34.9 Å². The van der Waals surface area contributed by atoms with Crippen LogP contribution in [-0.2, 0) is 4.79 Å². The maximum Gasteiger partial charge on any atom is 0.298 e. The van der Waals surface area contributed by atoms with Gasteiger partial charge in [0.2, 0.25) is 5.95 Å². The zero-order valence-electron chi connectivity index (χ0n) is 16.7. The minimum Gasteiger partial charge on any atom is -0.360 e. The number of anilines is 1. The van der Waals surface area contributed by atoms with Gasteiger partial charge in [0.25, 0.3) is 17.2 Å². The third-order valence-corrected chi connectivity index (χ3v) is 5.71. The molecule has 5 aromatic rings. The molecular weight excluding hydrogens is 428 g/mol. The van der Waals surface area contributed by atoms with Gasteiger partial charge in [0.1, 0.15) is 11.5 Å². The molecule has 10 heteroatoms. The van der Waals surface area contributed by atoms with E-state index in [1.165, 1.54) is 28.3 Å². The minimum atomic E-state index is -0.830. The average Bonchev–Trinajstić information content (AvgIpc) is 3.51. The molecule has 0 atom stereocenters. The lowest BCUT2D eigenvalue weighted by Gasteiger charge is -2.07. The molecule has 0 saturated heterocycles. The molecular formula is C22H16N6O3S. The van der Waals surface area contributed by atoms with Crippen LogP contribution >= 0.6 is 11.3 Å². The third-order valence-electron chi connectivity index (χ3n) is 4.82. The standard InChI is InChI=1S/C22H16N6O3S/c1-12-9-19(29)26-22(24-12)28-18(10-16(27-28)17-7-4-8-32-17)25-21(31)20(30)14-11-23-15-6-3-2-5-13(14)15/h2-11,23H,1H3,(H,25,31)(H,24,26,29). The second-order valence-corrected chi connectivity index (χ2v) is 7.99. The van der Waals surface area contributed by atoms with E-state index >= 15 is 0 Å². The van der Waals surface area contributed by atoms with Crippen molar-refractivity contribution in [2.24, 2.45) is 0 Å². The molecule has 0 unspecified atom stereocenters. The van der Waals surface area contributed by atoms with Gasteiger partial charge in [-0.2, -0.15) is 9.78 Å². The van der Waals surface area contributed by atoms with Crippen LogP contribution in [0.25, 0.3) is 27.4 Å². The van der Waals surface area contributed by atoms with Crippen molar-refractivity contribution in [2.75, 3.05) is 5.32 Å². The number of carbonyl (C=O) groups is 2. The fourth-order valence-electron chi connectivity index (χ4n) is 3.39. The Morgan fingerprint density at radius 3 is 2.75 bits per heavy atom. The molecule has 0 spiro atoms. The Bertz CT molecular complexity index is 1530. The number of ketones is 1. The molecule has 1 aromatic carbocycles. The van der Waals surface area contributed by atoms with E-state index in [0.29, 0.717) is 16.8 Å². The highest BCUT2D eigenvalue weighted by Gasteiger charge is 2.23. The number of hydrogen-bond acceptors (Lipinski definition) is 6. The van der Waals surface area contributed by atoms with E-state index < -0.39 is 11.7 Å². The number of aromatic nitrogens is 5. The van der Waals surface area contributed by atoms with Crippen LogP contribution in [0.15, 0.2) is 64.9 Å². The predicted octanol–water partition coefficient (Wildman–Crippen LogP) is 3.30. The van der Waals surface area contributed by atoms with Crippen LogP contribution in [0.1, 0.15) is 16.1 Å². The van der Waals surface area contributed by atoms with Gasteiger partial charge in [-0.3, -0.25) is 19.4 Å². The van der Waals surface area contributed by atoms with E-state index in [-0.39, 0.29) is 22.9 Å². The summed E-state index contributed by atoms with van der Waals surface area (Å²) in [6, 6.07) is 14.0. The summed E-state index contributed by atoms with van der Waals surface area (Å²) in [6.45, 7) is 1.68. The van der Waals surface area contributed by atoms with Crippen molar-refractivity contribution in [3.63, 3.8) is 0 Å². The highest BCUT2D eigenvalue weighted by atomic mass is 32.1. The summed E-state index contributed by atoms with van der Waals surface area (Å²) in [7, 11) is 0. The van der Waals surface area contributed by atoms with Gasteiger partial charge in [-0.15, -0.1) is 11.3 Å². The van der Waals surface area contributed by atoms with Gasteiger partial charge >= 0.3 is 0 Å². The van der Waals surface area contributed by atoms with E-state index in [4.69, 9.17) is 0 Å². The molecule has 158 valence electrons. The number of aryl methyl sites for hydroxylation is 1. The molecule has 0 bridgehead atoms. The number of amides is 1. The fraction of sp³-hybridized carbons (Fsp3) is 0.0455. The lowest BCUT2D eigenvalue weighted by molar-refractivity contribution is -0.112. The van der Waals surface area contributed by atoms with Gasteiger partial charge in [0.05, 0.1) is 10.4 Å². The number of benzene rings is 1. The van der Waals surface area contributed by atoms with E-state index in [1.807, 2.05) is 29.6 Å². The Balaban J connectivity index is 1.54. The number of Topliss-reactive ketones (excluding diaryl/α,β-unsaturated/α-hetero) is 1. The number of hydrogen-bond donors (Lipinski definition) is 3. The van der Waals surface area contributed by atoms with Crippen molar-refractivity contribution in [2.45, 2.75) is 6.92 Å². The third kappa shape index (κ3) is 3.52. The number of aromatic amines is 2. The first-order valence-corrected chi connectivity index (χ1v) is 10.5. The summed E-state index contributed by atoms with van der Waals surface area (Å²) in [5, 5.41) is 9.68. The Morgan fingerprint density at radius 2 is 1.97 bits per heavy atom. The van der Waals surface area contributed by atoms with E-state index in [1.54, 1.807) is 25.1 Å². The lowest BCUT2D eigenvalue weighted by atomic mass is 10.1. The SMILES string of the molecule is Cc1cc(=O)[nH]c(-n2nc(-c3cccs3)cc2NC(=O)C(=O)c2c[nH]c3ccccc23)n1. The van der Waals surface area contributed by atoms with Crippen LogP contribution in [-0.4, -0.2) is 36.4 Å². The molecule has 0 radical (unpaired) electrons. The summed E-state index contributed by atoms with van der Waals surface area (Å²) in [5.74, 6) is -1.19. The lowest BCUT2D eigenvalue weighted by Crippen LogP contribution is -2.25. The van der Waals surface area contributed by atoms with Gasteiger partial charge in [0.15, 0.2) is 0 Å². The number of fused-ring (bicyclic) bond motifs is 1. The quantitative estimate of drug-likeness (QED) is 0.283. The summed E-state index contributed by atoms with van der Waals surface area (Å²) in [6.07, 6.45) is 1.51. The van der Waals surface area contributed by atoms with Crippen molar-refractivity contribution in [3.8, 4) is 16.5 Å². The predicted molar refractivity (Wildman–Crippen MR) is 121 cm³/mol. The van der Waals surface area contributed by atoms with Gasteiger partial charge in [-0.1, -0.05) is 24.3 Å². The Hall–Kier alpha value is -4.31. The second-order valence-electron chi connectivity index (χ2n) is 7.05. The molecule has 1 amide bonds. The highest BCUT2D eigenvalue weighted by molar-refractivity contribution is 7.13. The summed E-state index contributed by atoms with van der Waals surface area (Å²) >= 11 is 1.47. The van der Waals surface area contributed by atoms with Gasteiger partial charge in [-0.25, -0.2) is 4.98 Å². The van der Waals surface area contributed by atoms with Crippen LogP contribution < -0.4 is 10.9 Å². The molecule has 0 aliphatic carbocycles. The summed E-state index contributed by atoms with van der Waals surface area (Å²) < 4.78 is 1.31. The van der Waals surface area contributed by atoms with Crippen LogP contribution in [0, 0.1) is 6.92 Å². The fourth-order valence-corrected chi connectivity index (χ4v) is 4.08. The van der Waals surface area contributed by atoms with Crippen molar-refractivity contribution < 1.29 is 9.59 Å². The zero-order chi connectivity index (χ0) is 22.2. The molecule has 4 heterocycles. The molecule has 4 aromatic heterocycles. The van der Waals surface area contributed by atoms with E-state index in [2.05, 4.69) is 25.4 Å². The first-order valence-electron chi connectivity index (χ1n) is 9.63. The van der Waals surface area contributed by atoms with Gasteiger partial charge < -0.3 is 10.3 Å². The van der Waals surface area contributed by atoms with Crippen molar-refractivity contribution in [3.05, 3.63) is 81.7 Å². The van der Waals surface area contributed by atoms with Crippen LogP contribution in [0.4, 0.5) is 5.82 Å².